The average molecular weight is 759 g/mol. The Morgan fingerprint density at radius 1 is 0.345 bits per heavy atom. The molecule has 0 saturated heterocycles. The number of hydrogen-bond acceptors (Lipinski definition) is 6. The van der Waals surface area contributed by atoms with Crippen molar-refractivity contribution >= 4 is 75.1 Å². The van der Waals surface area contributed by atoms with Crippen LogP contribution in [0.5, 0.6) is 0 Å². The lowest BCUT2D eigenvalue weighted by Crippen LogP contribution is -2.00. The van der Waals surface area contributed by atoms with Gasteiger partial charge in [0, 0.05) is 74.9 Å². The summed E-state index contributed by atoms with van der Waals surface area (Å²) in [5.41, 5.74) is 9.40. The number of aromatic nitrogens is 4. The van der Waals surface area contributed by atoms with E-state index in [1.54, 1.807) is 0 Å². The lowest BCUT2D eigenvalue weighted by atomic mass is 9.93. The van der Waals surface area contributed by atoms with E-state index in [9.17, 15) is 0 Å². The lowest BCUT2D eigenvalue weighted by molar-refractivity contribution is 0.669. The van der Waals surface area contributed by atoms with Crippen LogP contribution in [-0.4, -0.2) is 19.9 Å². The second-order valence-corrected chi connectivity index (χ2v) is 15.6. The first kappa shape index (κ1) is 32.7. The maximum atomic E-state index is 6.27. The Labute approximate surface area is 336 Å². The molecule has 0 bridgehead atoms. The smallest absolute Gasteiger partial charge is 0.164 e. The number of para-hydroxylation sites is 2. The molecule has 6 heteroatoms. The maximum absolute atomic E-state index is 6.27. The van der Waals surface area contributed by atoms with Gasteiger partial charge in [-0.2, -0.15) is 0 Å². The van der Waals surface area contributed by atoms with Crippen LogP contribution in [0.2, 0.25) is 0 Å². The Morgan fingerprint density at radius 3 is 1.83 bits per heavy atom. The minimum absolute atomic E-state index is 0.587. The largest absolute Gasteiger partial charge is 0.456 e. The van der Waals surface area contributed by atoms with Crippen LogP contribution >= 0.6 is 11.3 Å². The van der Waals surface area contributed by atoms with Crippen LogP contribution in [0.1, 0.15) is 0 Å². The molecule has 0 amide bonds. The topological polar surface area (TPSA) is 64.7 Å². The van der Waals surface area contributed by atoms with Crippen molar-refractivity contribution in [3.63, 3.8) is 0 Å². The molecule has 12 aromatic rings. The van der Waals surface area contributed by atoms with Gasteiger partial charge in [-0.05, 0) is 35.9 Å². The Morgan fingerprint density at radius 2 is 0.966 bits per heavy atom. The van der Waals surface area contributed by atoms with E-state index < -0.39 is 0 Å². The van der Waals surface area contributed by atoms with Gasteiger partial charge >= 0.3 is 0 Å². The molecule has 0 radical (unpaired) electrons. The zero-order valence-corrected chi connectivity index (χ0v) is 31.7. The van der Waals surface area contributed by atoms with Crippen LogP contribution in [0.15, 0.2) is 186 Å². The molecule has 0 spiro atoms. The van der Waals surface area contributed by atoms with E-state index in [2.05, 4.69) is 121 Å². The molecule has 12 rings (SSSR count). The van der Waals surface area contributed by atoms with Crippen molar-refractivity contribution in [2.24, 2.45) is 0 Å². The molecule has 0 saturated carbocycles. The summed E-state index contributed by atoms with van der Waals surface area (Å²) < 4.78 is 8.82. The first-order valence-corrected chi connectivity index (χ1v) is 20.1. The lowest BCUT2D eigenvalue weighted by Gasteiger charge is -2.15. The molecule has 58 heavy (non-hydrogen) atoms. The van der Waals surface area contributed by atoms with Gasteiger partial charge in [0.05, 0.1) is 11.2 Å². The van der Waals surface area contributed by atoms with Crippen LogP contribution in [0.4, 0.5) is 0 Å². The fourth-order valence-corrected chi connectivity index (χ4v) is 9.62. The summed E-state index contributed by atoms with van der Waals surface area (Å²) >= 11 is 1.84. The molecule has 4 aromatic heterocycles. The SMILES string of the molecule is c1ccc(-c2nc(-c3cccc(-c4cccc5c4nc(-c4ccccc4)c4ccc6sc7ccccc7c6c45)c3)nc(-c3cccc4oc5ccccc5c34)n2)cc1. The van der Waals surface area contributed by atoms with Gasteiger partial charge in [0.1, 0.15) is 11.2 Å². The molecular formula is C52H30N4OS. The normalized spacial score (nSPS) is 11.8. The van der Waals surface area contributed by atoms with Crippen LogP contribution in [0, 0.1) is 0 Å². The van der Waals surface area contributed by atoms with Crippen LogP contribution < -0.4 is 0 Å². The summed E-state index contributed by atoms with van der Waals surface area (Å²) in [6.07, 6.45) is 0. The van der Waals surface area contributed by atoms with E-state index in [4.69, 9.17) is 24.4 Å². The first-order chi connectivity index (χ1) is 28.7. The second-order valence-electron chi connectivity index (χ2n) is 14.5. The average Bonchev–Trinajstić information content (AvgIpc) is 3.88. The highest BCUT2D eigenvalue weighted by molar-refractivity contribution is 7.26. The number of furan rings is 1. The summed E-state index contributed by atoms with van der Waals surface area (Å²) in [7, 11) is 0. The van der Waals surface area contributed by atoms with Gasteiger partial charge < -0.3 is 4.42 Å². The minimum atomic E-state index is 0.587. The van der Waals surface area contributed by atoms with Crippen molar-refractivity contribution in [1.82, 2.24) is 19.9 Å². The number of hydrogen-bond donors (Lipinski definition) is 0. The van der Waals surface area contributed by atoms with E-state index in [0.717, 1.165) is 77.3 Å². The van der Waals surface area contributed by atoms with Gasteiger partial charge in [-0.25, -0.2) is 19.9 Å². The van der Waals surface area contributed by atoms with Crippen molar-refractivity contribution in [3.05, 3.63) is 182 Å². The van der Waals surface area contributed by atoms with Crippen LogP contribution in [0.25, 0.3) is 120 Å². The van der Waals surface area contributed by atoms with E-state index in [0.29, 0.717) is 17.5 Å². The molecule has 0 unspecified atom stereocenters. The Balaban J connectivity index is 1.10. The molecule has 0 atom stereocenters. The molecule has 0 aliphatic carbocycles. The standard InChI is InChI=1S/C52H30N4OS/c1-3-14-31(15-4-1)48-39-28-29-44-47(37-21-8-10-27-43(37)58-44)46(39)38-23-12-22-35(49(38)53-48)33-18-11-19-34(30-33)51-54-50(32-16-5-2-6-17-32)55-52(56-51)40-24-13-26-42-45(40)36-20-7-9-25-41(36)57-42/h1-30H. The van der Waals surface area contributed by atoms with E-state index >= 15 is 0 Å². The highest BCUT2D eigenvalue weighted by atomic mass is 32.1. The monoisotopic (exact) mass is 758 g/mol. The first-order valence-electron chi connectivity index (χ1n) is 19.3. The van der Waals surface area contributed by atoms with Gasteiger partial charge in [0.2, 0.25) is 0 Å². The predicted octanol–water partition coefficient (Wildman–Crippen LogP) is 14.2. The van der Waals surface area contributed by atoms with Crippen molar-refractivity contribution in [3.8, 4) is 56.5 Å². The molecule has 0 N–H and O–H groups in total. The molecule has 5 nitrogen and oxygen atoms in total. The maximum Gasteiger partial charge on any atom is 0.164 e. The van der Waals surface area contributed by atoms with Gasteiger partial charge in [-0.3, -0.25) is 0 Å². The van der Waals surface area contributed by atoms with Gasteiger partial charge in [-0.1, -0.05) is 152 Å². The van der Waals surface area contributed by atoms with E-state index in [1.807, 2.05) is 72.0 Å². The molecule has 0 fully saturated rings. The molecule has 8 aromatic carbocycles. The third-order valence-corrected chi connectivity index (χ3v) is 12.3. The van der Waals surface area contributed by atoms with Crippen molar-refractivity contribution in [1.29, 1.82) is 0 Å². The number of benzene rings is 8. The quantitative estimate of drug-likeness (QED) is 0.164. The number of rotatable bonds is 5. The fraction of sp³-hybridized carbons (Fsp3) is 0. The third-order valence-electron chi connectivity index (χ3n) is 11.1. The number of fused-ring (bicyclic) bond motifs is 10. The molecule has 270 valence electrons. The summed E-state index contributed by atoms with van der Waals surface area (Å²) in [4.78, 5) is 21.0. The van der Waals surface area contributed by atoms with E-state index in [1.165, 1.54) is 25.6 Å². The molecule has 0 aliphatic heterocycles. The summed E-state index contributed by atoms with van der Waals surface area (Å²) in [5, 5.41) is 8.06. The van der Waals surface area contributed by atoms with Crippen molar-refractivity contribution in [2.75, 3.05) is 0 Å². The Kier molecular flexibility index (Phi) is 7.33. The highest BCUT2D eigenvalue weighted by Crippen LogP contribution is 2.45. The Hall–Kier alpha value is -7.54. The molecule has 4 heterocycles. The molecule has 0 aliphatic rings. The molecular weight excluding hydrogens is 729 g/mol. The summed E-state index contributed by atoms with van der Waals surface area (Å²) in [6, 6.07) is 63.1. The van der Waals surface area contributed by atoms with E-state index in [-0.39, 0.29) is 0 Å². The minimum Gasteiger partial charge on any atom is -0.456 e. The zero-order chi connectivity index (χ0) is 38.2. The third kappa shape index (κ3) is 5.16. The van der Waals surface area contributed by atoms with Crippen LogP contribution in [-0.2, 0) is 0 Å². The van der Waals surface area contributed by atoms with Gasteiger partial charge in [-0.15, -0.1) is 11.3 Å². The number of thiophene rings is 1. The second kappa shape index (κ2) is 13.0. The number of pyridine rings is 1. The zero-order valence-electron chi connectivity index (χ0n) is 30.9. The van der Waals surface area contributed by atoms with Gasteiger partial charge in [0.15, 0.2) is 17.5 Å². The van der Waals surface area contributed by atoms with Crippen LogP contribution in [0.3, 0.4) is 0 Å². The predicted molar refractivity (Wildman–Crippen MR) is 240 cm³/mol. The van der Waals surface area contributed by atoms with Crippen molar-refractivity contribution < 1.29 is 4.42 Å². The highest BCUT2D eigenvalue weighted by Gasteiger charge is 2.21. The van der Waals surface area contributed by atoms with Crippen molar-refractivity contribution in [2.45, 2.75) is 0 Å². The fourth-order valence-electron chi connectivity index (χ4n) is 8.51. The summed E-state index contributed by atoms with van der Waals surface area (Å²) in [6.45, 7) is 0. The Bertz CT molecular complexity index is 3570. The summed E-state index contributed by atoms with van der Waals surface area (Å²) in [5.74, 6) is 1.78. The van der Waals surface area contributed by atoms with Gasteiger partial charge in [0.25, 0.3) is 0 Å². The number of nitrogens with zero attached hydrogens (tertiary/aromatic N) is 4.